The number of aryl methyl sites for hydroxylation is 2. The second kappa shape index (κ2) is 9.12. The zero-order valence-electron chi connectivity index (χ0n) is 18.9. The van der Waals surface area contributed by atoms with E-state index >= 15 is 0 Å². The molecule has 1 aliphatic rings. The number of hydrogen-bond acceptors (Lipinski definition) is 3. The first kappa shape index (κ1) is 22.0. The molecule has 4 rings (SSSR count). The second-order valence-corrected chi connectivity index (χ2v) is 8.76. The van der Waals surface area contributed by atoms with Crippen LogP contribution >= 0.6 is 12.2 Å². The van der Waals surface area contributed by atoms with E-state index in [1.54, 1.807) is 6.20 Å². The van der Waals surface area contributed by atoms with Gasteiger partial charge in [-0.1, -0.05) is 23.8 Å². The third-order valence-electron chi connectivity index (χ3n) is 6.25. The lowest BCUT2D eigenvalue weighted by Gasteiger charge is -2.28. The molecule has 3 aromatic rings. The van der Waals surface area contributed by atoms with Gasteiger partial charge in [-0.3, -0.25) is 9.78 Å². The fraction of sp³-hybridized carbons (Fsp3) is 0.320. The van der Waals surface area contributed by atoms with Gasteiger partial charge in [0.05, 0.1) is 17.8 Å². The fourth-order valence-corrected chi connectivity index (χ4v) is 4.58. The normalized spacial score (nSPS) is 18.0. The number of hydrogen-bond donors (Lipinski definition) is 2. The van der Waals surface area contributed by atoms with Gasteiger partial charge in [0.25, 0.3) is 0 Å². The van der Waals surface area contributed by atoms with Crippen molar-refractivity contribution in [1.29, 1.82) is 0 Å². The number of thiocarbonyl (C=S) groups is 1. The van der Waals surface area contributed by atoms with E-state index in [1.807, 2.05) is 49.4 Å². The molecule has 2 aromatic heterocycles. The molecule has 6 nitrogen and oxygen atoms in total. The minimum atomic E-state index is -0.0793. The number of nitrogens with one attached hydrogen (secondary N) is 2. The van der Waals surface area contributed by atoms with Gasteiger partial charge in [0.15, 0.2) is 5.11 Å². The molecular weight excluding hydrogens is 418 g/mol. The quantitative estimate of drug-likeness (QED) is 0.550. The number of pyridine rings is 1. The largest absolute Gasteiger partial charge is 0.352 e. The number of carbonyl (C=O) groups excluding carboxylic acids is 1. The minimum absolute atomic E-state index is 0.0300. The molecule has 3 heterocycles. The SMILES string of the molecule is Cc1ccc(NC(=O)CCN2C(=S)N[C@H](c3ccccn3)[C@H]2c2cc(C)n(C)c2C)cc1. The number of anilines is 1. The summed E-state index contributed by atoms with van der Waals surface area (Å²) in [5, 5.41) is 7.09. The Bertz CT molecular complexity index is 1120. The summed E-state index contributed by atoms with van der Waals surface area (Å²) in [5.41, 5.74) is 6.48. The van der Waals surface area contributed by atoms with Crippen LogP contribution in [-0.2, 0) is 11.8 Å². The molecule has 2 atom stereocenters. The van der Waals surface area contributed by atoms with E-state index < -0.39 is 0 Å². The van der Waals surface area contributed by atoms with Gasteiger partial charge in [-0.05, 0) is 68.9 Å². The molecule has 32 heavy (non-hydrogen) atoms. The molecule has 1 aromatic carbocycles. The van der Waals surface area contributed by atoms with Crippen LogP contribution in [0.25, 0.3) is 0 Å². The Hall–Kier alpha value is -3.19. The maximum absolute atomic E-state index is 12.7. The lowest BCUT2D eigenvalue weighted by molar-refractivity contribution is -0.116. The van der Waals surface area contributed by atoms with Crippen molar-refractivity contribution in [3.8, 4) is 0 Å². The highest BCUT2D eigenvalue weighted by Gasteiger charge is 2.41. The third kappa shape index (κ3) is 4.39. The first-order chi connectivity index (χ1) is 15.3. The molecule has 2 N–H and O–H groups in total. The zero-order chi connectivity index (χ0) is 22.8. The Morgan fingerprint density at radius 2 is 1.91 bits per heavy atom. The number of amides is 1. The Morgan fingerprint density at radius 1 is 1.16 bits per heavy atom. The molecule has 0 saturated carbocycles. The predicted octanol–water partition coefficient (Wildman–Crippen LogP) is 4.35. The van der Waals surface area contributed by atoms with Crippen LogP contribution in [0.5, 0.6) is 0 Å². The Morgan fingerprint density at radius 3 is 2.53 bits per heavy atom. The van der Waals surface area contributed by atoms with Crippen molar-refractivity contribution >= 4 is 28.9 Å². The van der Waals surface area contributed by atoms with Crippen molar-refractivity contribution in [3.63, 3.8) is 0 Å². The van der Waals surface area contributed by atoms with Gasteiger partial charge in [0.1, 0.15) is 0 Å². The van der Waals surface area contributed by atoms with Gasteiger partial charge >= 0.3 is 0 Å². The summed E-state index contributed by atoms with van der Waals surface area (Å²) in [6, 6.07) is 15.8. The molecule has 1 saturated heterocycles. The van der Waals surface area contributed by atoms with Gasteiger partial charge in [-0.25, -0.2) is 0 Å². The molecule has 7 heteroatoms. The summed E-state index contributed by atoms with van der Waals surface area (Å²) < 4.78 is 2.19. The van der Waals surface area contributed by atoms with E-state index in [2.05, 4.69) is 52.0 Å². The first-order valence-electron chi connectivity index (χ1n) is 10.8. The third-order valence-corrected chi connectivity index (χ3v) is 6.60. The standard InChI is InChI=1S/C25H29N5OS/c1-16-8-10-19(11-9-16)27-22(31)12-14-30-24(20-15-17(2)29(4)18(20)3)23(28-25(30)32)21-7-5-6-13-26-21/h5-11,13,15,23-24H,12,14H2,1-4H3,(H,27,31)(H,28,32)/t23-,24-/m1/s1. The lowest BCUT2D eigenvalue weighted by Crippen LogP contribution is -2.32. The van der Waals surface area contributed by atoms with E-state index in [0.717, 1.165) is 16.9 Å². The zero-order valence-corrected chi connectivity index (χ0v) is 19.7. The molecule has 1 amide bonds. The van der Waals surface area contributed by atoms with Crippen molar-refractivity contribution in [2.24, 2.45) is 7.05 Å². The van der Waals surface area contributed by atoms with E-state index in [9.17, 15) is 4.79 Å². The summed E-state index contributed by atoms with van der Waals surface area (Å²) in [6.07, 6.45) is 2.14. The summed E-state index contributed by atoms with van der Waals surface area (Å²) in [4.78, 5) is 19.4. The van der Waals surface area contributed by atoms with E-state index in [1.165, 1.54) is 17.0 Å². The molecule has 0 unspecified atom stereocenters. The molecule has 1 fully saturated rings. The smallest absolute Gasteiger partial charge is 0.226 e. The van der Waals surface area contributed by atoms with E-state index in [4.69, 9.17) is 12.2 Å². The molecule has 166 valence electrons. The molecule has 0 radical (unpaired) electrons. The number of carbonyl (C=O) groups is 1. The maximum Gasteiger partial charge on any atom is 0.226 e. The van der Waals surface area contributed by atoms with Crippen LogP contribution in [0.3, 0.4) is 0 Å². The van der Waals surface area contributed by atoms with Gasteiger partial charge in [0.2, 0.25) is 5.91 Å². The molecule has 0 aliphatic carbocycles. The minimum Gasteiger partial charge on any atom is -0.352 e. The summed E-state index contributed by atoms with van der Waals surface area (Å²) in [5.74, 6) is -0.0300. The van der Waals surface area contributed by atoms with Crippen LogP contribution in [0.15, 0.2) is 54.7 Å². The van der Waals surface area contributed by atoms with Gasteiger partial charge in [0, 0.05) is 43.3 Å². The van der Waals surface area contributed by atoms with E-state index in [-0.39, 0.29) is 18.0 Å². The summed E-state index contributed by atoms with van der Waals surface area (Å²) in [6.45, 7) is 6.77. The van der Waals surface area contributed by atoms with Crippen molar-refractivity contribution in [3.05, 3.63) is 82.9 Å². The van der Waals surface area contributed by atoms with Crippen LogP contribution in [0.2, 0.25) is 0 Å². The van der Waals surface area contributed by atoms with Gasteiger partial charge < -0.3 is 20.1 Å². The summed E-state index contributed by atoms with van der Waals surface area (Å²) in [7, 11) is 2.07. The monoisotopic (exact) mass is 447 g/mol. The first-order valence-corrected chi connectivity index (χ1v) is 11.2. The van der Waals surface area contributed by atoms with Crippen molar-refractivity contribution in [1.82, 2.24) is 19.8 Å². The Labute approximate surface area is 194 Å². The average Bonchev–Trinajstić information content (AvgIpc) is 3.25. The number of nitrogens with zero attached hydrogens (tertiary/aromatic N) is 3. The lowest BCUT2D eigenvalue weighted by atomic mass is 9.96. The fourth-order valence-electron chi connectivity index (χ4n) is 4.25. The van der Waals surface area contributed by atoms with Gasteiger partial charge in [-0.2, -0.15) is 0 Å². The number of rotatable bonds is 6. The Balaban J connectivity index is 1.57. The second-order valence-electron chi connectivity index (χ2n) is 8.37. The van der Waals surface area contributed by atoms with Crippen LogP contribution in [0, 0.1) is 20.8 Å². The highest BCUT2D eigenvalue weighted by molar-refractivity contribution is 7.80. The molecular formula is C25H29N5OS. The topological polar surface area (TPSA) is 62.2 Å². The number of aromatic nitrogens is 2. The van der Waals surface area contributed by atoms with Crippen LogP contribution in [-0.4, -0.2) is 32.0 Å². The number of benzene rings is 1. The predicted molar refractivity (Wildman–Crippen MR) is 131 cm³/mol. The van der Waals surface area contributed by atoms with Crippen molar-refractivity contribution < 1.29 is 4.79 Å². The maximum atomic E-state index is 12.7. The van der Waals surface area contributed by atoms with Crippen LogP contribution < -0.4 is 10.6 Å². The van der Waals surface area contributed by atoms with Crippen molar-refractivity contribution in [2.75, 3.05) is 11.9 Å². The molecule has 0 bridgehead atoms. The highest BCUT2D eigenvalue weighted by Crippen LogP contribution is 2.40. The summed E-state index contributed by atoms with van der Waals surface area (Å²) >= 11 is 5.72. The van der Waals surface area contributed by atoms with Gasteiger partial charge in [-0.15, -0.1) is 0 Å². The molecule has 0 spiro atoms. The highest BCUT2D eigenvalue weighted by atomic mass is 32.1. The Kier molecular flexibility index (Phi) is 6.28. The van der Waals surface area contributed by atoms with Crippen LogP contribution in [0.4, 0.5) is 5.69 Å². The van der Waals surface area contributed by atoms with E-state index in [0.29, 0.717) is 18.1 Å². The van der Waals surface area contributed by atoms with Crippen LogP contribution in [0.1, 0.15) is 46.7 Å². The van der Waals surface area contributed by atoms with Crippen molar-refractivity contribution in [2.45, 2.75) is 39.3 Å². The average molecular weight is 448 g/mol. The molecule has 1 aliphatic heterocycles.